The van der Waals surface area contributed by atoms with Crippen molar-refractivity contribution in [1.82, 2.24) is 4.57 Å². The molecule has 0 saturated carbocycles. The second-order valence-corrected chi connectivity index (χ2v) is 9.18. The summed E-state index contributed by atoms with van der Waals surface area (Å²) in [6.07, 6.45) is 2.91. The zero-order valence-corrected chi connectivity index (χ0v) is 9.90. The first-order chi connectivity index (χ1) is 5.79. The normalized spacial score (nSPS) is 20.2. The van der Waals surface area contributed by atoms with Crippen LogP contribution in [0.25, 0.3) is 0 Å². The fourth-order valence-corrected chi connectivity index (χ4v) is 6.72. The van der Waals surface area contributed by atoms with Crippen LogP contribution in [0, 0.1) is 0 Å². The van der Waals surface area contributed by atoms with E-state index in [9.17, 15) is 0 Å². The summed E-state index contributed by atoms with van der Waals surface area (Å²) in [5.74, 6) is 0. The first-order valence-electron chi connectivity index (χ1n) is 5.54. The third-order valence-electron chi connectivity index (χ3n) is 3.75. The van der Waals surface area contributed by atoms with Gasteiger partial charge in [-0.3, -0.25) is 0 Å². The highest BCUT2D eigenvalue weighted by molar-refractivity contribution is 6.77. The van der Waals surface area contributed by atoms with Crippen LogP contribution in [0.3, 0.4) is 0 Å². The van der Waals surface area contributed by atoms with Gasteiger partial charge in [-0.1, -0.05) is 20.8 Å². The van der Waals surface area contributed by atoms with Crippen LogP contribution in [0.4, 0.5) is 0 Å². The lowest BCUT2D eigenvalue weighted by Gasteiger charge is -2.37. The van der Waals surface area contributed by atoms with Crippen LogP contribution in [0.5, 0.6) is 0 Å². The summed E-state index contributed by atoms with van der Waals surface area (Å²) in [6, 6.07) is 4.38. The maximum absolute atomic E-state index is 2.85. The van der Waals surface area contributed by atoms with Gasteiger partial charge in [-0.15, -0.1) is 0 Å². The highest BCUT2D eigenvalue weighted by Gasteiger charge is 2.35. The lowest BCUT2D eigenvalue weighted by Crippen LogP contribution is -2.50. The van der Waals surface area contributed by atoms with Crippen LogP contribution in [-0.4, -0.2) is 25.9 Å². The van der Waals surface area contributed by atoms with Crippen LogP contribution in [0.15, 0.2) is 0 Å². The Kier molecular flexibility index (Phi) is 3.78. The Morgan fingerprint density at radius 3 is 1.67 bits per heavy atom. The first-order valence-corrected chi connectivity index (χ1v) is 8.11. The van der Waals surface area contributed by atoms with Crippen molar-refractivity contribution < 1.29 is 0 Å². The second kappa shape index (κ2) is 4.42. The predicted octanol–water partition coefficient (Wildman–Crippen LogP) is 3.09. The van der Waals surface area contributed by atoms with E-state index in [1.807, 2.05) is 0 Å². The summed E-state index contributed by atoms with van der Waals surface area (Å²) in [5, 5.41) is 0. The summed E-state index contributed by atoms with van der Waals surface area (Å²) in [6.45, 7) is 10.0. The van der Waals surface area contributed by atoms with Gasteiger partial charge in [0.15, 0.2) is 0 Å². The fraction of sp³-hybridized carbons (Fsp3) is 1.00. The predicted molar refractivity (Wildman–Crippen MR) is 58.0 cm³/mol. The molecule has 1 saturated heterocycles. The maximum atomic E-state index is 2.85. The van der Waals surface area contributed by atoms with Crippen molar-refractivity contribution in [3.63, 3.8) is 0 Å². The maximum Gasteiger partial charge on any atom is 0.127 e. The molecular weight excluding hydrogens is 162 g/mol. The van der Waals surface area contributed by atoms with Crippen LogP contribution < -0.4 is 0 Å². The minimum absolute atomic E-state index is 0.951. The standard InChI is InChI=1S/C10H23NSi/c1-4-12(5-2,6-3)11-9-7-8-10-11/h4-10H2,1-3H3. The molecular formula is C10H23NSi. The van der Waals surface area contributed by atoms with Gasteiger partial charge < -0.3 is 4.57 Å². The van der Waals surface area contributed by atoms with Crippen molar-refractivity contribution in [3.8, 4) is 0 Å². The lowest BCUT2D eigenvalue weighted by atomic mass is 10.4. The van der Waals surface area contributed by atoms with Gasteiger partial charge in [0.2, 0.25) is 0 Å². The van der Waals surface area contributed by atoms with Gasteiger partial charge in [0, 0.05) is 0 Å². The third kappa shape index (κ3) is 1.74. The summed E-state index contributed by atoms with van der Waals surface area (Å²) in [7, 11) is -0.951. The van der Waals surface area contributed by atoms with Crippen molar-refractivity contribution in [2.45, 2.75) is 51.7 Å². The zero-order valence-electron chi connectivity index (χ0n) is 8.90. The second-order valence-electron chi connectivity index (χ2n) is 3.98. The molecule has 0 aliphatic carbocycles. The number of nitrogens with zero attached hydrogens (tertiary/aromatic N) is 1. The molecule has 0 bridgehead atoms. The summed E-state index contributed by atoms with van der Waals surface area (Å²) >= 11 is 0. The zero-order chi connectivity index (χ0) is 9.03. The molecule has 0 atom stereocenters. The molecule has 12 heavy (non-hydrogen) atoms. The molecule has 0 aromatic carbocycles. The summed E-state index contributed by atoms with van der Waals surface area (Å²) in [5.41, 5.74) is 0. The van der Waals surface area contributed by atoms with Gasteiger partial charge in [0.1, 0.15) is 8.24 Å². The number of hydrogen-bond donors (Lipinski definition) is 0. The van der Waals surface area contributed by atoms with E-state index < -0.39 is 8.24 Å². The quantitative estimate of drug-likeness (QED) is 0.608. The molecule has 0 aromatic heterocycles. The van der Waals surface area contributed by atoms with Crippen molar-refractivity contribution in [2.75, 3.05) is 13.1 Å². The highest BCUT2D eigenvalue weighted by atomic mass is 28.3. The van der Waals surface area contributed by atoms with Gasteiger partial charge in [0.25, 0.3) is 0 Å². The molecule has 0 spiro atoms. The molecule has 1 fully saturated rings. The molecule has 1 aliphatic rings. The minimum Gasteiger partial charge on any atom is -0.323 e. The van der Waals surface area contributed by atoms with E-state index >= 15 is 0 Å². The Morgan fingerprint density at radius 1 is 0.917 bits per heavy atom. The third-order valence-corrected chi connectivity index (χ3v) is 9.49. The molecule has 1 nitrogen and oxygen atoms in total. The Morgan fingerprint density at radius 2 is 1.33 bits per heavy atom. The van der Waals surface area contributed by atoms with Crippen molar-refractivity contribution in [3.05, 3.63) is 0 Å². The van der Waals surface area contributed by atoms with Gasteiger partial charge in [-0.25, -0.2) is 0 Å². The van der Waals surface area contributed by atoms with Gasteiger partial charge in [-0.05, 0) is 44.1 Å². The molecule has 1 heterocycles. The van der Waals surface area contributed by atoms with Gasteiger partial charge in [0.05, 0.1) is 0 Å². The van der Waals surface area contributed by atoms with E-state index in [2.05, 4.69) is 25.3 Å². The van der Waals surface area contributed by atoms with E-state index in [-0.39, 0.29) is 0 Å². The minimum atomic E-state index is -0.951. The molecule has 72 valence electrons. The van der Waals surface area contributed by atoms with Crippen LogP contribution in [-0.2, 0) is 0 Å². The van der Waals surface area contributed by atoms with Crippen molar-refractivity contribution >= 4 is 8.24 Å². The van der Waals surface area contributed by atoms with E-state index in [0.29, 0.717) is 0 Å². The number of hydrogen-bond acceptors (Lipinski definition) is 1. The topological polar surface area (TPSA) is 3.24 Å². The van der Waals surface area contributed by atoms with Crippen LogP contribution >= 0.6 is 0 Å². The first kappa shape index (κ1) is 10.3. The molecule has 0 aromatic rings. The molecule has 0 unspecified atom stereocenters. The molecule has 0 amide bonds. The Labute approximate surface area is 78.2 Å². The average Bonchev–Trinajstić information content (AvgIpc) is 2.62. The van der Waals surface area contributed by atoms with E-state index in [1.165, 1.54) is 44.1 Å². The molecule has 0 N–H and O–H groups in total. The van der Waals surface area contributed by atoms with Crippen molar-refractivity contribution in [2.24, 2.45) is 0 Å². The van der Waals surface area contributed by atoms with Crippen molar-refractivity contribution in [1.29, 1.82) is 0 Å². The van der Waals surface area contributed by atoms with Crippen LogP contribution in [0.1, 0.15) is 33.6 Å². The van der Waals surface area contributed by atoms with Crippen LogP contribution in [0.2, 0.25) is 18.1 Å². The monoisotopic (exact) mass is 185 g/mol. The SMILES string of the molecule is CC[Si](CC)(CC)N1CCCC1. The molecule has 1 rings (SSSR count). The van der Waals surface area contributed by atoms with Gasteiger partial charge >= 0.3 is 0 Å². The Balaban J connectivity index is 2.61. The summed E-state index contributed by atoms with van der Waals surface area (Å²) in [4.78, 5) is 0. The van der Waals surface area contributed by atoms with Gasteiger partial charge in [-0.2, -0.15) is 0 Å². The molecule has 0 radical (unpaired) electrons. The van der Waals surface area contributed by atoms with E-state index in [1.54, 1.807) is 0 Å². The molecule has 2 heteroatoms. The fourth-order valence-electron chi connectivity index (χ4n) is 2.61. The largest absolute Gasteiger partial charge is 0.323 e. The highest BCUT2D eigenvalue weighted by Crippen LogP contribution is 2.28. The molecule has 1 aliphatic heterocycles. The average molecular weight is 185 g/mol. The van der Waals surface area contributed by atoms with E-state index in [0.717, 1.165) is 0 Å². The van der Waals surface area contributed by atoms with E-state index in [4.69, 9.17) is 0 Å². The Hall–Kier alpha value is 0.177. The lowest BCUT2D eigenvalue weighted by molar-refractivity contribution is 0.507. The number of rotatable bonds is 4. The Bertz CT molecular complexity index is 118. The smallest absolute Gasteiger partial charge is 0.127 e. The summed E-state index contributed by atoms with van der Waals surface area (Å²) < 4.78 is 2.85.